The molecule has 0 amide bonds. The Hall–Kier alpha value is 0.0600. The Morgan fingerprint density at radius 2 is 1.93 bits per heavy atom. The average Bonchev–Trinajstić information content (AvgIpc) is 2.15. The highest BCUT2D eigenvalue weighted by Crippen LogP contribution is 2.27. The van der Waals surface area contributed by atoms with Crippen molar-refractivity contribution in [3.8, 4) is 0 Å². The van der Waals surface area contributed by atoms with Crippen molar-refractivity contribution >= 4 is 11.8 Å². The van der Waals surface area contributed by atoms with Gasteiger partial charge < -0.3 is 5.11 Å². The Kier molecular flexibility index (Phi) is 5.22. The number of rotatable bonds is 4. The Labute approximate surface area is 91.2 Å². The van der Waals surface area contributed by atoms with Gasteiger partial charge in [-0.1, -0.05) is 0 Å². The number of hydrogen-bond donors (Lipinski definition) is 1. The molecule has 0 spiro atoms. The van der Waals surface area contributed by atoms with E-state index in [0.29, 0.717) is 12.3 Å². The molecule has 1 atom stereocenters. The summed E-state index contributed by atoms with van der Waals surface area (Å²) in [6.45, 7) is -0.646. The van der Waals surface area contributed by atoms with E-state index in [4.69, 9.17) is 0 Å². The summed E-state index contributed by atoms with van der Waals surface area (Å²) >= 11 is 1.85. The van der Waals surface area contributed by atoms with E-state index in [0.717, 1.165) is 24.3 Å². The maximum Gasteiger partial charge on any atom is 0.522 e. The van der Waals surface area contributed by atoms with Gasteiger partial charge in [0.05, 0.1) is 12.7 Å². The Morgan fingerprint density at radius 1 is 1.33 bits per heavy atom. The third-order valence-electron chi connectivity index (χ3n) is 2.39. The average molecular weight is 244 g/mol. The second kappa shape index (κ2) is 5.96. The van der Waals surface area contributed by atoms with Crippen molar-refractivity contribution in [2.24, 2.45) is 5.92 Å². The van der Waals surface area contributed by atoms with E-state index in [1.54, 1.807) is 0 Å². The van der Waals surface area contributed by atoms with Gasteiger partial charge in [-0.05, 0) is 36.7 Å². The highest BCUT2D eigenvalue weighted by Gasteiger charge is 2.30. The van der Waals surface area contributed by atoms with E-state index in [1.165, 1.54) is 0 Å². The molecule has 1 aliphatic rings. The van der Waals surface area contributed by atoms with Crippen molar-refractivity contribution in [2.75, 3.05) is 18.1 Å². The first-order valence-corrected chi connectivity index (χ1v) is 6.09. The summed E-state index contributed by atoms with van der Waals surface area (Å²) in [4.78, 5) is 0. The van der Waals surface area contributed by atoms with Crippen molar-refractivity contribution in [3.05, 3.63) is 0 Å². The fourth-order valence-corrected chi connectivity index (χ4v) is 2.83. The van der Waals surface area contributed by atoms with Crippen molar-refractivity contribution in [1.29, 1.82) is 0 Å². The Balaban J connectivity index is 2.14. The van der Waals surface area contributed by atoms with Crippen LogP contribution >= 0.6 is 11.8 Å². The second-order valence-electron chi connectivity index (χ2n) is 3.70. The number of thioether (sulfide) groups is 1. The van der Waals surface area contributed by atoms with E-state index in [2.05, 4.69) is 4.74 Å². The fraction of sp³-hybridized carbons (Fsp3) is 1.00. The van der Waals surface area contributed by atoms with Gasteiger partial charge in [-0.15, -0.1) is 13.2 Å². The molecule has 0 saturated carbocycles. The second-order valence-corrected chi connectivity index (χ2v) is 4.93. The van der Waals surface area contributed by atoms with Crippen molar-refractivity contribution < 1.29 is 23.0 Å². The quantitative estimate of drug-likeness (QED) is 0.823. The number of ether oxygens (including phenoxy) is 1. The zero-order valence-electron chi connectivity index (χ0n) is 8.29. The molecule has 0 bridgehead atoms. The van der Waals surface area contributed by atoms with Crippen molar-refractivity contribution in [2.45, 2.75) is 31.7 Å². The van der Waals surface area contributed by atoms with E-state index in [9.17, 15) is 18.3 Å². The molecule has 1 aliphatic heterocycles. The molecule has 0 aromatic carbocycles. The van der Waals surface area contributed by atoms with Crippen LogP contribution in [0.4, 0.5) is 13.2 Å². The summed E-state index contributed by atoms with van der Waals surface area (Å²) in [5.74, 6) is 2.42. The molecule has 1 N–H and O–H groups in total. The van der Waals surface area contributed by atoms with Gasteiger partial charge in [-0.2, -0.15) is 11.8 Å². The summed E-state index contributed by atoms with van der Waals surface area (Å²) in [5, 5.41) is 9.33. The summed E-state index contributed by atoms with van der Waals surface area (Å²) in [6.07, 6.45) is -3.26. The van der Waals surface area contributed by atoms with Gasteiger partial charge in [0.2, 0.25) is 0 Å². The molecule has 1 fully saturated rings. The van der Waals surface area contributed by atoms with Gasteiger partial charge in [0.25, 0.3) is 0 Å². The number of hydrogen-bond acceptors (Lipinski definition) is 3. The van der Waals surface area contributed by atoms with Crippen LogP contribution in [-0.2, 0) is 4.74 Å². The number of aliphatic hydroxyl groups is 1. The SMILES string of the molecule is OC(COC(F)(F)F)CC1CCSCC1. The zero-order valence-corrected chi connectivity index (χ0v) is 9.11. The number of alkyl halides is 3. The molecular weight excluding hydrogens is 229 g/mol. The predicted molar refractivity (Wildman–Crippen MR) is 52.7 cm³/mol. The lowest BCUT2D eigenvalue weighted by molar-refractivity contribution is -0.330. The Morgan fingerprint density at radius 3 is 2.47 bits per heavy atom. The molecule has 0 aromatic rings. The van der Waals surface area contributed by atoms with Gasteiger partial charge in [0.1, 0.15) is 0 Å². The maximum atomic E-state index is 11.7. The molecule has 2 nitrogen and oxygen atoms in total. The highest BCUT2D eigenvalue weighted by atomic mass is 32.2. The van der Waals surface area contributed by atoms with Gasteiger partial charge in [-0.3, -0.25) is 4.74 Å². The van der Waals surface area contributed by atoms with E-state index < -0.39 is 19.1 Å². The number of aliphatic hydroxyl groups excluding tert-OH is 1. The van der Waals surface area contributed by atoms with Gasteiger partial charge in [-0.25, -0.2) is 0 Å². The lowest BCUT2D eigenvalue weighted by Gasteiger charge is -2.23. The summed E-state index contributed by atoms with van der Waals surface area (Å²) in [7, 11) is 0. The molecule has 1 rings (SSSR count). The van der Waals surface area contributed by atoms with Crippen molar-refractivity contribution in [1.82, 2.24) is 0 Å². The van der Waals surface area contributed by atoms with Gasteiger partial charge >= 0.3 is 6.36 Å². The van der Waals surface area contributed by atoms with Crippen LogP contribution in [0.2, 0.25) is 0 Å². The molecule has 1 saturated heterocycles. The Bertz CT molecular complexity index is 181. The third-order valence-corrected chi connectivity index (χ3v) is 3.43. The molecule has 90 valence electrons. The normalized spacial score (nSPS) is 21.6. The minimum atomic E-state index is -4.64. The molecule has 1 heterocycles. The summed E-state index contributed by atoms with van der Waals surface area (Å²) < 4.78 is 38.6. The number of halogens is 3. The molecule has 0 aromatic heterocycles. The lowest BCUT2D eigenvalue weighted by atomic mass is 9.96. The largest absolute Gasteiger partial charge is 0.522 e. The summed E-state index contributed by atoms with van der Waals surface area (Å²) in [5.41, 5.74) is 0. The van der Waals surface area contributed by atoms with Crippen LogP contribution in [0.5, 0.6) is 0 Å². The van der Waals surface area contributed by atoms with E-state index in [-0.39, 0.29) is 0 Å². The first-order chi connectivity index (χ1) is 6.97. The molecule has 15 heavy (non-hydrogen) atoms. The summed E-state index contributed by atoms with van der Waals surface area (Å²) in [6, 6.07) is 0. The predicted octanol–water partition coefficient (Wildman–Crippen LogP) is 2.42. The molecule has 0 aliphatic carbocycles. The van der Waals surface area contributed by atoms with Crippen LogP contribution in [0, 0.1) is 5.92 Å². The first kappa shape index (κ1) is 13.1. The molecule has 1 unspecified atom stereocenters. The minimum absolute atomic E-state index is 0.345. The maximum absolute atomic E-state index is 11.7. The van der Waals surface area contributed by atoms with Crippen LogP contribution in [0.1, 0.15) is 19.3 Å². The van der Waals surface area contributed by atoms with E-state index in [1.807, 2.05) is 11.8 Å². The smallest absolute Gasteiger partial charge is 0.391 e. The van der Waals surface area contributed by atoms with Crippen LogP contribution < -0.4 is 0 Å². The van der Waals surface area contributed by atoms with Gasteiger partial charge in [0, 0.05) is 0 Å². The fourth-order valence-electron chi connectivity index (χ4n) is 1.63. The standard InChI is InChI=1S/C9H15F3O2S/c10-9(11,12)14-6-8(13)5-7-1-3-15-4-2-7/h7-8,13H,1-6H2. The highest BCUT2D eigenvalue weighted by molar-refractivity contribution is 7.99. The van der Waals surface area contributed by atoms with Crippen LogP contribution in [-0.4, -0.2) is 35.7 Å². The van der Waals surface area contributed by atoms with Crippen molar-refractivity contribution in [3.63, 3.8) is 0 Å². The molecule has 6 heteroatoms. The van der Waals surface area contributed by atoms with Crippen LogP contribution in [0.15, 0.2) is 0 Å². The van der Waals surface area contributed by atoms with E-state index >= 15 is 0 Å². The van der Waals surface area contributed by atoms with Gasteiger partial charge in [0.15, 0.2) is 0 Å². The lowest BCUT2D eigenvalue weighted by Crippen LogP contribution is -2.26. The third kappa shape index (κ3) is 6.27. The zero-order chi connectivity index (χ0) is 11.3. The topological polar surface area (TPSA) is 29.5 Å². The molecular formula is C9H15F3O2S. The minimum Gasteiger partial charge on any atom is -0.391 e. The van der Waals surface area contributed by atoms with Crippen LogP contribution in [0.25, 0.3) is 0 Å². The monoisotopic (exact) mass is 244 g/mol. The molecule has 0 radical (unpaired) electrons. The van der Waals surface area contributed by atoms with Crippen LogP contribution in [0.3, 0.4) is 0 Å². The first-order valence-electron chi connectivity index (χ1n) is 4.94.